The molecule has 4 aromatic rings. The maximum absolute atomic E-state index is 12.8. The van der Waals surface area contributed by atoms with Crippen molar-refractivity contribution in [3.63, 3.8) is 0 Å². The third kappa shape index (κ3) is 3.12. The van der Waals surface area contributed by atoms with Gasteiger partial charge in [0.05, 0.1) is 17.1 Å². The quantitative estimate of drug-likeness (QED) is 0.408. The van der Waals surface area contributed by atoms with E-state index in [2.05, 4.69) is 16.0 Å². The number of aryl methyl sites for hydroxylation is 1. The Labute approximate surface area is 161 Å². The Kier molecular flexibility index (Phi) is 4.61. The summed E-state index contributed by atoms with van der Waals surface area (Å²) in [5, 5.41) is 6.95. The predicted octanol–water partition coefficient (Wildman–Crippen LogP) is 3.75. The van der Waals surface area contributed by atoms with Crippen LogP contribution in [0, 0.1) is 19.3 Å². The molecule has 3 aromatic carbocycles. The Morgan fingerprint density at radius 2 is 1.86 bits per heavy atom. The molecule has 0 saturated carbocycles. The SMILES string of the molecule is C#CCOc1ccc2ccccc2c1C=Nn1c(C)nc2ccccc2c1=O. The van der Waals surface area contributed by atoms with E-state index in [1.165, 1.54) is 4.68 Å². The van der Waals surface area contributed by atoms with Gasteiger partial charge in [-0.1, -0.05) is 48.4 Å². The van der Waals surface area contributed by atoms with Crippen molar-refractivity contribution in [2.24, 2.45) is 5.10 Å². The lowest BCUT2D eigenvalue weighted by atomic mass is 10.0. The Morgan fingerprint density at radius 3 is 2.68 bits per heavy atom. The number of hydrogen-bond acceptors (Lipinski definition) is 4. The van der Waals surface area contributed by atoms with Crippen LogP contribution in [0.2, 0.25) is 0 Å². The van der Waals surface area contributed by atoms with E-state index in [-0.39, 0.29) is 12.2 Å². The fourth-order valence-corrected chi connectivity index (χ4v) is 3.14. The summed E-state index contributed by atoms with van der Waals surface area (Å²) >= 11 is 0. The number of para-hydroxylation sites is 1. The standard InChI is InChI=1S/C23H17N3O2/c1-3-14-28-22-13-12-17-8-4-5-9-18(17)20(22)15-24-26-16(2)25-21-11-7-6-10-19(21)23(26)27/h1,4-13,15H,14H2,2H3. The third-order valence-corrected chi connectivity index (χ3v) is 4.46. The molecule has 0 atom stereocenters. The average molecular weight is 367 g/mol. The molecule has 5 heteroatoms. The van der Waals surface area contributed by atoms with Crippen LogP contribution in [0.3, 0.4) is 0 Å². The van der Waals surface area contributed by atoms with E-state index >= 15 is 0 Å². The lowest BCUT2D eigenvalue weighted by Gasteiger charge is -2.10. The molecule has 5 nitrogen and oxygen atoms in total. The largest absolute Gasteiger partial charge is 0.480 e. The molecule has 0 N–H and O–H groups in total. The van der Waals surface area contributed by atoms with Gasteiger partial charge in [0.25, 0.3) is 5.56 Å². The van der Waals surface area contributed by atoms with Gasteiger partial charge in [-0.2, -0.15) is 9.78 Å². The van der Waals surface area contributed by atoms with Crippen molar-refractivity contribution >= 4 is 27.9 Å². The fraction of sp³-hybridized carbons (Fsp3) is 0.0870. The highest BCUT2D eigenvalue weighted by molar-refractivity contribution is 6.02. The first-order valence-corrected chi connectivity index (χ1v) is 8.80. The second kappa shape index (κ2) is 7.37. The van der Waals surface area contributed by atoms with Gasteiger partial charge in [-0.25, -0.2) is 4.98 Å². The summed E-state index contributed by atoms with van der Waals surface area (Å²) < 4.78 is 6.98. The Balaban J connectivity index is 1.88. The van der Waals surface area contributed by atoms with E-state index in [0.717, 1.165) is 16.3 Å². The zero-order chi connectivity index (χ0) is 19.5. The summed E-state index contributed by atoms with van der Waals surface area (Å²) in [6.07, 6.45) is 6.96. The van der Waals surface area contributed by atoms with E-state index < -0.39 is 0 Å². The molecule has 0 bridgehead atoms. The van der Waals surface area contributed by atoms with Crippen LogP contribution >= 0.6 is 0 Å². The first-order valence-electron chi connectivity index (χ1n) is 8.80. The average Bonchev–Trinajstić information content (AvgIpc) is 2.72. The van der Waals surface area contributed by atoms with Crippen LogP contribution < -0.4 is 10.3 Å². The lowest BCUT2D eigenvalue weighted by molar-refractivity contribution is 0.370. The molecule has 0 amide bonds. The Morgan fingerprint density at radius 1 is 1.11 bits per heavy atom. The van der Waals surface area contributed by atoms with Gasteiger partial charge < -0.3 is 4.74 Å². The van der Waals surface area contributed by atoms with Gasteiger partial charge in [-0.15, -0.1) is 6.42 Å². The molecule has 0 unspecified atom stereocenters. The summed E-state index contributed by atoms with van der Waals surface area (Å²) in [6.45, 7) is 1.90. The second-order valence-electron chi connectivity index (χ2n) is 6.23. The first kappa shape index (κ1) is 17.5. The van der Waals surface area contributed by atoms with Gasteiger partial charge in [0, 0.05) is 5.56 Å². The molecular formula is C23H17N3O2. The minimum atomic E-state index is -0.217. The predicted molar refractivity (Wildman–Crippen MR) is 112 cm³/mol. The smallest absolute Gasteiger partial charge is 0.282 e. The monoisotopic (exact) mass is 367 g/mol. The van der Waals surface area contributed by atoms with Gasteiger partial charge in [0.2, 0.25) is 0 Å². The molecule has 0 spiro atoms. The third-order valence-electron chi connectivity index (χ3n) is 4.46. The van der Waals surface area contributed by atoms with Crippen molar-refractivity contribution in [2.75, 3.05) is 6.61 Å². The zero-order valence-corrected chi connectivity index (χ0v) is 15.3. The van der Waals surface area contributed by atoms with E-state index in [0.29, 0.717) is 22.5 Å². The van der Waals surface area contributed by atoms with Crippen LogP contribution in [0.5, 0.6) is 5.75 Å². The van der Waals surface area contributed by atoms with Crippen LogP contribution in [0.4, 0.5) is 0 Å². The minimum absolute atomic E-state index is 0.148. The van der Waals surface area contributed by atoms with Crippen molar-refractivity contribution in [1.82, 2.24) is 9.66 Å². The number of fused-ring (bicyclic) bond motifs is 2. The summed E-state index contributed by atoms with van der Waals surface area (Å²) in [4.78, 5) is 17.3. The topological polar surface area (TPSA) is 56.5 Å². The molecule has 0 radical (unpaired) electrons. The number of aromatic nitrogens is 2. The maximum Gasteiger partial charge on any atom is 0.282 e. The van der Waals surface area contributed by atoms with Gasteiger partial charge in [-0.05, 0) is 35.9 Å². The minimum Gasteiger partial charge on any atom is -0.480 e. The summed E-state index contributed by atoms with van der Waals surface area (Å²) in [6, 6.07) is 18.9. The number of terminal acetylenes is 1. The van der Waals surface area contributed by atoms with Gasteiger partial charge >= 0.3 is 0 Å². The summed E-state index contributed by atoms with van der Waals surface area (Å²) in [5.41, 5.74) is 1.19. The second-order valence-corrected chi connectivity index (χ2v) is 6.23. The molecule has 1 heterocycles. The van der Waals surface area contributed by atoms with Crippen LogP contribution in [0.25, 0.3) is 21.7 Å². The molecule has 28 heavy (non-hydrogen) atoms. The van der Waals surface area contributed by atoms with E-state index in [1.54, 1.807) is 19.2 Å². The number of ether oxygens (including phenoxy) is 1. The fourth-order valence-electron chi connectivity index (χ4n) is 3.14. The van der Waals surface area contributed by atoms with Crippen molar-refractivity contribution in [3.8, 4) is 18.1 Å². The number of nitrogens with zero attached hydrogens (tertiary/aromatic N) is 3. The van der Waals surface area contributed by atoms with E-state index in [9.17, 15) is 4.79 Å². The number of benzene rings is 3. The van der Waals surface area contributed by atoms with Crippen LogP contribution in [-0.2, 0) is 0 Å². The number of rotatable bonds is 4. The van der Waals surface area contributed by atoms with Crippen molar-refractivity contribution < 1.29 is 4.74 Å². The zero-order valence-electron chi connectivity index (χ0n) is 15.3. The van der Waals surface area contributed by atoms with Gasteiger partial charge in [-0.3, -0.25) is 4.79 Å². The van der Waals surface area contributed by atoms with E-state index in [1.807, 2.05) is 54.6 Å². The van der Waals surface area contributed by atoms with Crippen LogP contribution in [0.15, 0.2) is 70.6 Å². The maximum atomic E-state index is 12.8. The first-order chi connectivity index (χ1) is 13.7. The highest BCUT2D eigenvalue weighted by Crippen LogP contribution is 2.26. The van der Waals surface area contributed by atoms with Gasteiger partial charge in [0.15, 0.2) is 0 Å². The molecule has 0 saturated heterocycles. The van der Waals surface area contributed by atoms with Crippen molar-refractivity contribution in [3.05, 3.63) is 82.4 Å². The van der Waals surface area contributed by atoms with Crippen molar-refractivity contribution in [1.29, 1.82) is 0 Å². The molecule has 1 aromatic heterocycles. The highest BCUT2D eigenvalue weighted by atomic mass is 16.5. The van der Waals surface area contributed by atoms with Crippen LogP contribution in [-0.4, -0.2) is 22.5 Å². The summed E-state index contributed by atoms with van der Waals surface area (Å²) in [7, 11) is 0. The van der Waals surface area contributed by atoms with Crippen LogP contribution in [0.1, 0.15) is 11.4 Å². The van der Waals surface area contributed by atoms with Crippen molar-refractivity contribution in [2.45, 2.75) is 6.92 Å². The Hall–Kier alpha value is -3.91. The Bertz CT molecular complexity index is 1310. The molecule has 0 aliphatic carbocycles. The molecular weight excluding hydrogens is 350 g/mol. The summed E-state index contributed by atoms with van der Waals surface area (Å²) in [5.74, 6) is 3.59. The highest BCUT2D eigenvalue weighted by Gasteiger charge is 2.09. The molecule has 4 rings (SSSR count). The molecule has 0 aliphatic rings. The molecule has 0 aliphatic heterocycles. The van der Waals surface area contributed by atoms with Gasteiger partial charge in [0.1, 0.15) is 18.2 Å². The molecule has 136 valence electrons. The van der Waals surface area contributed by atoms with E-state index in [4.69, 9.17) is 11.2 Å². The molecule has 0 fully saturated rings. The lowest BCUT2D eigenvalue weighted by Crippen LogP contribution is -2.20. The number of hydrogen-bond donors (Lipinski definition) is 0. The normalized spacial score (nSPS) is 11.1.